The Bertz CT molecular complexity index is 531. The van der Waals surface area contributed by atoms with E-state index in [1.54, 1.807) is 13.4 Å². The molecule has 1 N–H and O–H groups in total. The number of benzene rings is 1. The molecule has 4 heteroatoms. The molecule has 0 saturated carbocycles. The van der Waals surface area contributed by atoms with Crippen LogP contribution in [0.2, 0.25) is 0 Å². The van der Waals surface area contributed by atoms with Crippen molar-refractivity contribution in [2.75, 3.05) is 7.11 Å². The fourth-order valence-electron chi connectivity index (χ4n) is 1.91. The van der Waals surface area contributed by atoms with E-state index in [1.165, 1.54) is 0 Å². The van der Waals surface area contributed by atoms with Crippen molar-refractivity contribution in [1.82, 2.24) is 5.32 Å². The largest absolute Gasteiger partial charge is 0.497 e. The number of hydrogen-bond donors (Lipinski definition) is 1. The predicted molar refractivity (Wildman–Crippen MR) is 82.2 cm³/mol. The summed E-state index contributed by atoms with van der Waals surface area (Å²) in [6.45, 7) is 6.11. The molecule has 0 aliphatic rings. The highest BCUT2D eigenvalue weighted by molar-refractivity contribution is 5.26. The zero-order valence-corrected chi connectivity index (χ0v) is 12.9. The van der Waals surface area contributed by atoms with Gasteiger partial charge in [-0.1, -0.05) is 26.0 Å². The first-order valence-corrected chi connectivity index (χ1v) is 7.17. The molecule has 2 aromatic rings. The van der Waals surface area contributed by atoms with Gasteiger partial charge in [0.05, 0.1) is 20.0 Å². The van der Waals surface area contributed by atoms with Crippen LogP contribution in [0.5, 0.6) is 5.75 Å². The normalized spacial score (nSPS) is 11.0. The third kappa shape index (κ3) is 5.25. The summed E-state index contributed by atoms with van der Waals surface area (Å²) in [5.74, 6) is 1.70. The van der Waals surface area contributed by atoms with Crippen LogP contribution in [0.15, 0.2) is 41.0 Å². The second-order valence-corrected chi connectivity index (χ2v) is 5.30. The van der Waals surface area contributed by atoms with Crippen LogP contribution in [0, 0.1) is 0 Å². The zero-order chi connectivity index (χ0) is 15.1. The van der Waals surface area contributed by atoms with E-state index in [1.807, 2.05) is 30.3 Å². The van der Waals surface area contributed by atoms with Crippen molar-refractivity contribution < 1.29 is 13.9 Å². The lowest BCUT2D eigenvalue weighted by Gasteiger charge is -2.05. The lowest BCUT2D eigenvalue weighted by atomic mass is 10.2. The van der Waals surface area contributed by atoms with Gasteiger partial charge in [-0.05, 0) is 23.8 Å². The maximum Gasteiger partial charge on any atom is 0.129 e. The highest BCUT2D eigenvalue weighted by atomic mass is 16.5. The first kappa shape index (κ1) is 15.6. The maximum atomic E-state index is 5.66. The van der Waals surface area contributed by atoms with Crippen molar-refractivity contribution in [2.45, 2.75) is 39.6 Å². The van der Waals surface area contributed by atoms with Crippen LogP contribution in [0.3, 0.4) is 0 Å². The van der Waals surface area contributed by atoms with E-state index >= 15 is 0 Å². The van der Waals surface area contributed by atoms with Crippen LogP contribution in [-0.4, -0.2) is 13.2 Å². The van der Waals surface area contributed by atoms with Crippen molar-refractivity contribution in [3.8, 4) is 5.75 Å². The molecule has 0 amide bonds. The van der Waals surface area contributed by atoms with E-state index < -0.39 is 0 Å². The highest BCUT2D eigenvalue weighted by Gasteiger charge is 2.03. The fraction of sp³-hybridized carbons (Fsp3) is 0.412. The lowest BCUT2D eigenvalue weighted by Crippen LogP contribution is -2.21. The van der Waals surface area contributed by atoms with Crippen LogP contribution in [-0.2, 0) is 24.5 Å². The van der Waals surface area contributed by atoms with Gasteiger partial charge in [-0.3, -0.25) is 0 Å². The summed E-state index contributed by atoms with van der Waals surface area (Å²) < 4.78 is 16.3. The summed E-state index contributed by atoms with van der Waals surface area (Å²) in [5.41, 5.74) is 2.26. The van der Waals surface area contributed by atoms with Gasteiger partial charge in [-0.25, -0.2) is 0 Å². The van der Waals surface area contributed by atoms with E-state index in [4.69, 9.17) is 13.9 Å². The number of methoxy groups -OCH3 is 1. The maximum absolute atomic E-state index is 5.66. The Morgan fingerprint density at radius 2 is 1.86 bits per heavy atom. The summed E-state index contributed by atoms with van der Waals surface area (Å²) >= 11 is 0. The average Bonchev–Trinajstić information content (AvgIpc) is 2.94. The minimum atomic E-state index is 0.467. The number of nitrogens with one attached hydrogen (secondary N) is 1. The Morgan fingerprint density at radius 1 is 1.10 bits per heavy atom. The van der Waals surface area contributed by atoms with Gasteiger partial charge in [0.1, 0.15) is 18.1 Å². The Balaban J connectivity index is 1.75. The number of ether oxygens (including phenoxy) is 2. The lowest BCUT2D eigenvalue weighted by molar-refractivity contribution is 0.0929. The quantitative estimate of drug-likeness (QED) is 0.807. The summed E-state index contributed by atoms with van der Waals surface area (Å²) in [6.07, 6.45) is 1.78. The van der Waals surface area contributed by atoms with Gasteiger partial charge in [0.2, 0.25) is 0 Å². The van der Waals surface area contributed by atoms with Crippen molar-refractivity contribution >= 4 is 0 Å². The summed E-state index contributed by atoms with van der Waals surface area (Å²) in [5, 5.41) is 3.36. The topological polar surface area (TPSA) is 43.6 Å². The van der Waals surface area contributed by atoms with Crippen LogP contribution in [0.4, 0.5) is 0 Å². The van der Waals surface area contributed by atoms with Gasteiger partial charge in [-0.15, -0.1) is 0 Å². The second kappa shape index (κ2) is 7.86. The predicted octanol–water partition coefficient (Wildman–Crippen LogP) is 3.50. The van der Waals surface area contributed by atoms with E-state index in [-0.39, 0.29) is 0 Å². The zero-order valence-electron chi connectivity index (χ0n) is 12.9. The first-order valence-electron chi connectivity index (χ1n) is 7.17. The van der Waals surface area contributed by atoms with Crippen LogP contribution in [0.1, 0.15) is 30.7 Å². The Labute approximate surface area is 126 Å². The van der Waals surface area contributed by atoms with E-state index in [9.17, 15) is 0 Å². The molecule has 0 aliphatic heterocycles. The van der Waals surface area contributed by atoms with Gasteiger partial charge >= 0.3 is 0 Å². The van der Waals surface area contributed by atoms with Crippen LogP contribution < -0.4 is 10.1 Å². The second-order valence-electron chi connectivity index (χ2n) is 5.30. The fourth-order valence-corrected chi connectivity index (χ4v) is 1.91. The molecule has 1 heterocycles. The summed E-state index contributed by atoms with van der Waals surface area (Å²) in [6, 6.07) is 10.4. The molecule has 0 atom stereocenters. The molecule has 0 bridgehead atoms. The minimum absolute atomic E-state index is 0.467. The molecule has 0 radical (unpaired) electrons. The van der Waals surface area contributed by atoms with Crippen LogP contribution in [0.25, 0.3) is 0 Å². The Morgan fingerprint density at radius 3 is 2.52 bits per heavy atom. The standard InChI is InChI=1S/C17H23NO3/c1-13(2)18-9-15-8-17(21-11-15)12-20-10-14-4-6-16(19-3)7-5-14/h4-8,11,13,18H,9-10,12H2,1-3H3. The van der Waals surface area contributed by atoms with Crippen molar-refractivity contribution in [1.29, 1.82) is 0 Å². The van der Waals surface area contributed by atoms with E-state index in [2.05, 4.69) is 19.2 Å². The highest BCUT2D eigenvalue weighted by Crippen LogP contribution is 2.14. The van der Waals surface area contributed by atoms with Gasteiger partial charge in [0, 0.05) is 18.2 Å². The van der Waals surface area contributed by atoms with E-state index in [0.29, 0.717) is 19.3 Å². The summed E-state index contributed by atoms with van der Waals surface area (Å²) in [4.78, 5) is 0. The molecule has 21 heavy (non-hydrogen) atoms. The molecule has 2 rings (SSSR count). The smallest absolute Gasteiger partial charge is 0.129 e. The molecular formula is C17H23NO3. The molecule has 0 saturated heterocycles. The van der Waals surface area contributed by atoms with Crippen molar-refractivity contribution in [3.05, 3.63) is 53.5 Å². The molecule has 4 nitrogen and oxygen atoms in total. The molecule has 1 aromatic carbocycles. The molecule has 0 spiro atoms. The molecule has 114 valence electrons. The number of rotatable bonds is 8. The number of furan rings is 1. The molecule has 0 aliphatic carbocycles. The molecule has 0 unspecified atom stereocenters. The number of hydrogen-bond acceptors (Lipinski definition) is 4. The molecular weight excluding hydrogens is 266 g/mol. The minimum Gasteiger partial charge on any atom is -0.497 e. The third-order valence-electron chi connectivity index (χ3n) is 3.09. The average molecular weight is 289 g/mol. The van der Waals surface area contributed by atoms with Gasteiger partial charge < -0.3 is 19.2 Å². The Hall–Kier alpha value is -1.78. The van der Waals surface area contributed by atoms with Crippen LogP contribution >= 0.6 is 0 Å². The molecule has 1 aromatic heterocycles. The third-order valence-corrected chi connectivity index (χ3v) is 3.09. The van der Waals surface area contributed by atoms with Crippen molar-refractivity contribution in [3.63, 3.8) is 0 Å². The SMILES string of the molecule is COc1ccc(COCc2cc(CNC(C)C)co2)cc1. The Kier molecular flexibility index (Phi) is 5.84. The van der Waals surface area contributed by atoms with Gasteiger partial charge in [0.25, 0.3) is 0 Å². The first-order chi connectivity index (χ1) is 10.2. The van der Waals surface area contributed by atoms with E-state index in [0.717, 1.165) is 29.2 Å². The monoisotopic (exact) mass is 289 g/mol. The van der Waals surface area contributed by atoms with Gasteiger partial charge in [-0.2, -0.15) is 0 Å². The van der Waals surface area contributed by atoms with Gasteiger partial charge in [0.15, 0.2) is 0 Å². The van der Waals surface area contributed by atoms with Crippen molar-refractivity contribution in [2.24, 2.45) is 0 Å². The summed E-state index contributed by atoms with van der Waals surface area (Å²) in [7, 11) is 1.66. The molecule has 0 fully saturated rings.